The van der Waals surface area contributed by atoms with E-state index in [0.717, 1.165) is 18.6 Å². The Bertz CT molecular complexity index is 319. The third kappa shape index (κ3) is 0.830. The van der Waals surface area contributed by atoms with Crippen molar-refractivity contribution in [3.05, 3.63) is 0 Å². The molecule has 0 aromatic rings. The average Bonchev–Trinajstić information content (AvgIpc) is 2.41. The lowest BCUT2D eigenvalue weighted by Gasteiger charge is -2.31. The monoisotopic (exact) mass is 194 g/mol. The third-order valence-electron chi connectivity index (χ3n) is 4.52. The van der Waals surface area contributed by atoms with E-state index in [4.69, 9.17) is 0 Å². The molecule has 0 aromatic heterocycles. The van der Waals surface area contributed by atoms with Crippen molar-refractivity contribution in [2.75, 3.05) is 7.05 Å². The minimum absolute atomic E-state index is 0.0831. The lowest BCUT2D eigenvalue weighted by atomic mass is 9.70. The zero-order valence-electron chi connectivity index (χ0n) is 9.35. The number of Topliss-reactive ketones (excluding diaryl/α,β-unsaturated/α-hetero) is 1. The minimum atomic E-state index is -0.173. The average molecular weight is 194 g/mol. The van der Waals surface area contributed by atoms with Crippen LogP contribution < -0.4 is 5.43 Å². The van der Waals surface area contributed by atoms with Gasteiger partial charge in [-0.25, -0.2) is 0 Å². The summed E-state index contributed by atoms with van der Waals surface area (Å²) in [6.07, 6.45) is 2.13. The van der Waals surface area contributed by atoms with Crippen LogP contribution in [0.5, 0.6) is 0 Å². The summed E-state index contributed by atoms with van der Waals surface area (Å²) in [7, 11) is 1.75. The van der Waals surface area contributed by atoms with E-state index < -0.39 is 0 Å². The maximum absolute atomic E-state index is 12.1. The van der Waals surface area contributed by atoms with Crippen molar-refractivity contribution in [2.45, 2.75) is 33.6 Å². The molecule has 14 heavy (non-hydrogen) atoms. The van der Waals surface area contributed by atoms with Crippen LogP contribution in [-0.4, -0.2) is 18.5 Å². The van der Waals surface area contributed by atoms with E-state index in [1.54, 1.807) is 7.05 Å². The van der Waals surface area contributed by atoms with Crippen LogP contribution in [0, 0.1) is 16.7 Å². The molecular weight excluding hydrogens is 176 g/mol. The van der Waals surface area contributed by atoms with Crippen molar-refractivity contribution in [3.8, 4) is 0 Å². The van der Waals surface area contributed by atoms with Crippen molar-refractivity contribution in [1.29, 1.82) is 0 Å². The molecule has 0 aliphatic heterocycles. The fourth-order valence-corrected chi connectivity index (χ4v) is 3.08. The summed E-state index contributed by atoms with van der Waals surface area (Å²) in [5.74, 6) is 0.612. The van der Waals surface area contributed by atoms with Gasteiger partial charge in [-0.1, -0.05) is 20.8 Å². The highest BCUT2D eigenvalue weighted by Crippen LogP contribution is 2.62. The smallest absolute Gasteiger partial charge is 0.185 e. The number of hydrogen-bond acceptors (Lipinski definition) is 3. The van der Waals surface area contributed by atoms with Gasteiger partial charge in [0.15, 0.2) is 5.78 Å². The fourth-order valence-electron chi connectivity index (χ4n) is 3.08. The first-order valence-corrected chi connectivity index (χ1v) is 5.24. The Morgan fingerprint density at radius 1 is 1.43 bits per heavy atom. The molecule has 78 valence electrons. The van der Waals surface area contributed by atoms with Crippen LogP contribution in [0.4, 0.5) is 0 Å². The summed E-state index contributed by atoms with van der Waals surface area (Å²) in [6.45, 7) is 6.48. The summed E-state index contributed by atoms with van der Waals surface area (Å²) in [4.78, 5) is 12.1. The van der Waals surface area contributed by atoms with Gasteiger partial charge < -0.3 is 5.43 Å². The first kappa shape index (κ1) is 9.69. The highest BCUT2D eigenvalue weighted by Gasteiger charge is 2.65. The highest BCUT2D eigenvalue weighted by atomic mass is 16.1. The first-order valence-electron chi connectivity index (χ1n) is 5.24. The lowest BCUT2D eigenvalue weighted by molar-refractivity contribution is -0.123. The molecule has 2 unspecified atom stereocenters. The van der Waals surface area contributed by atoms with Gasteiger partial charge in [-0.05, 0) is 18.3 Å². The molecule has 3 heteroatoms. The van der Waals surface area contributed by atoms with Gasteiger partial charge in [-0.2, -0.15) is 5.10 Å². The SMILES string of the molecule is CN/N=C1/C(=O)C2(C)CCC1C2(C)C. The Hall–Kier alpha value is -0.860. The molecule has 2 saturated carbocycles. The molecule has 0 spiro atoms. The lowest BCUT2D eigenvalue weighted by Crippen LogP contribution is -2.33. The Morgan fingerprint density at radius 3 is 2.50 bits per heavy atom. The number of ketones is 1. The van der Waals surface area contributed by atoms with Gasteiger partial charge in [0.2, 0.25) is 0 Å². The van der Waals surface area contributed by atoms with Crippen LogP contribution in [0.25, 0.3) is 0 Å². The molecule has 0 heterocycles. The number of hydrazone groups is 1. The first-order chi connectivity index (χ1) is 6.45. The molecule has 2 rings (SSSR count). The largest absolute Gasteiger partial charge is 0.313 e. The van der Waals surface area contributed by atoms with E-state index in [1.165, 1.54) is 0 Å². The number of nitrogens with one attached hydrogen (secondary N) is 1. The van der Waals surface area contributed by atoms with E-state index >= 15 is 0 Å². The third-order valence-corrected chi connectivity index (χ3v) is 4.52. The van der Waals surface area contributed by atoms with Crippen LogP contribution in [0.3, 0.4) is 0 Å². The Morgan fingerprint density at radius 2 is 2.07 bits per heavy atom. The van der Waals surface area contributed by atoms with Crippen molar-refractivity contribution in [3.63, 3.8) is 0 Å². The summed E-state index contributed by atoms with van der Waals surface area (Å²) in [5, 5.41) is 4.15. The van der Waals surface area contributed by atoms with E-state index in [1.807, 2.05) is 0 Å². The molecule has 3 nitrogen and oxygen atoms in total. The Labute approximate surface area is 85.0 Å². The van der Waals surface area contributed by atoms with E-state index in [0.29, 0.717) is 5.92 Å². The number of hydrogen-bond donors (Lipinski definition) is 1. The zero-order chi connectivity index (χ0) is 10.6. The van der Waals surface area contributed by atoms with Gasteiger partial charge >= 0.3 is 0 Å². The van der Waals surface area contributed by atoms with E-state index in [9.17, 15) is 4.79 Å². The summed E-state index contributed by atoms with van der Waals surface area (Å²) in [6, 6.07) is 0. The van der Waals surface area contributed by atoms with Crippen LogP contribution in [0.15, 0.2) is 5.10 Å². The van der Waals surface area contributed by atoms with Gasteiger partial charge in [-0.3, -0.25) is 4.79 Å². The van der Waals surface area contributed by atoms with Gasteiger partial charge in [0, 0.05) is 18.4 Å². The molecule has 2 aliphatic carbocycles. The van der Waals surface area contributed by atoms with Crippen LogP contribution in [0.2, 0.25) is 0 Å². The molecule has 2 fully saturated rings. The highest BCUT2D eigenvalue weighted by molar-refractivity contribution is 6.45. The van der Waals surface area contributed by atoms with Gasteiger partial charge in [0.25, 0.3) is 0 Å². The number of carbonyl (C=O) groups is 1. The fraction of sp³-hybridized carbons (Fsp3) is 0.818. The normalized spacial score (nSPS) is 42.1. The molecule has 0 aromatic carbocycles. The van der Waals surface area contributed by atoms with Crippen molar-refractivity contribution in [1.82, 2.24) is 5.43 Å². The molecule has 0 radical (unpaired) electrons. The molecular formula is C11H18N2O. The van der Waals surface area contributed by atoms with Crippen molar-refractivity contribution < 1.29 is 4.79 Å². The van der Waals surface area contributed by atoms with Crippen molar-refractivity contribution in [2.24, 2.45) is 21.8 Å². The molecule has 0 saturated heterocycles. The summed E-state index contributed by atoms with van der Waals surface area (Å²) >= 11 is 0. The Balaban J connectivity index is 2.49. The second kappa shape index (κ2) is 2.59. The summed E-state index contributed by atoms with van der Waals surface area (Å²) < 4.78 is 0. The number of rotatable bonds is 1. The molecule has 2 bridgehead atoms. The van der Waals surface area contributed by atoms with Gasteiger partial charge in [0.1, 0.15) is 5.71 Å². The molecule has 0 amide bonds. The molecule has 2 atom stereocenters. The molecule has 2 aliphatic rings. The summed E-state index contributed by atoms with van der Waals surface area (Å²) in [5.41, 5.74) is 3.43. The second-order valence-corrected chi connectivity index (χ2v) is 5.19. The van der Waals surface area contributed by atoms with Crippen molar-refractivity contribution >= 4 is 11.5 Å². The van der Waals surface area contributed by atoms with Crippen LogP contribution in [0.1, 0.15) is 33.6 Å². The molecule has 1 N–H and O–H groups in total. The maximum Gasteiger partial charge on any atom is 0.185 e. The van der Waals surface area contributed by atoms with Crippen LogP contribution >= 0.6 is 0 Å². The van der Waals surface area contributed by atoms with E-state index in [-0.39, 0.29) is 16.6 Å². The minimum Gasteiger partial charge on any atom is -0.313 e. The maximum atomic E-state index is 12.1. The van der Waals surface area contributed by atoms with Crippen LogP contribution in [-0.2, 0) is 4.79 Å². The number of nitrogens with zero attached hydrogens (tertiary/aromatic N) is 1. The van der Waals surface area contributed by atoms with E-state index in [2.05, 4.69) is 31.3 Å². The topological polar surface area (TPSA) is 41.5 Å². The number of fused-ring (bicyclic) bond motifs is 2. The second-order valence-electron chi connectivity index (χ2n) is 5.19. The number of carbonyl (C=O) groups excluding carboxylic acids is 1. The standard InChI is InChI=1S/C11H18N2O/c1-10(2)7-5-6-11(10,3)9(14)8(7)13-12-4/h7,12H,5-6H2,1-4H3/b13-8+. The zero-order valence-corrected chi connectivity index (χ0v) is 9.35. The quantitative estimate of drug-likeness (QED) is 0.644. The van der Waals surface area contributed by atoms with Gasteiger partial charge in [0.05, 0.1) is 0 Å². The Kier molecular flexibility index (Phi) is 1.79. The predicted octanol–water partition coefficient (Wildman–Crippen LogP) is 1.59. The predicted molar refractivity (Wildman–Crippen MR) is 56.1 cm³/mol. The van der Waals surface area contributed by atoms with Gasteiger partial charge in [-0.15, -0.1) is 0 Å².